The lowest BCUT2D eigenvalue weighted by Gasteiger charge is -2.35. The number of sulfone groups is 1. The lowest BCUT2D eigenvalue weighted by molar-refractivity contribution is -0.156. The van der Waals surface area contributed by atoms with E-state index in [1.54, 1.807) is 0 Å². The molecule has 1 aromatic rings. The SMILES string of the molecule is C[C@]1(/C=N/NC(=O)CCCNC(=O)c2ccc(O)c(O)c2Cl)[C@H](C(=O)O)N2C(=O)C[C@H]2S1(=O)=O. The van der Waals surface area contributed by atoms with Gasteiger partial charge in [-0.3, -0.25) is 14.4 Å². The number of carboxylic acids is 1. The summed E-state index contributed by atoms with van der Waals surface area (Å²) in [5.74, 6) is -4.48. The van der Waals surface area contributed by atoms with Gasteiger partial charge in [0.1, 0.15) is 10.1 Å². The zero-order valence-electron chi connectivity index (χ0n) is 17.7. The second-order valence-electron chi connectivity index (χ2n) is 7.88. The van der Waals surface area contributed by atoms with Crippen molar-refractivity contribution in [3.8, 4) is 11.5 Å². The van der Waals surface area contributed by atoms with Crippen molar-refractivity contribution >= 4 is 51.3 Å². The standard InChI is InChI=1S/C19H21ClN4O9S/c1-19(16(18(30)31)24-12(27)7-13(24)34(19,32)33)8-22-23-11(26)3-2-6-21-17(29)9-4-5-10(25)15(28)14(9)20/h4-5,8,13,16,25,28H,2-3,6-7H2,1H3,(H,21,29)(H,23,26)(H,30,31)/b22-8+/t13-,16+,19+/m1/s1. The summed E-state index contributed by atoms with van der Waals surface area (Å²) in [5, 5.41) is 32.9. The quantitative estimate of drug-likeness (QED) is 0.0997. The molecule has 2 aliphatic heterocycles. The van der Waals surface area contributed by atoms with E-state index in [1.165, 1.54) is 6.07 Å². The first-order valence-electron chi connectivity index (χ1n) is 9.92. The second-order valence-corrected chi connectivity index (χ2v) is 10.8. The monoisotopic (exact) mass is 516 g/mol. The third-order valence-electron chi connectivity index (χ3n) is 5.69. The molecule has 0 radical (unpaired) electrons. The lowest BCUT2D eigenvalue weighted by Crippen LogP contribution is -2.57. The zero-order valence-corrected chi connectivity index (χ0v) is 19.3. The van der Waals surface area contributed by atoms with Crippen LogP contribution >= 0.6 is 11.6 Å². The summed E-state index contributed by atoms with van der Waals surface area (Å²) < 4.78 is 23.4. The molecule has 0 aliphatic carbocycles. The number of phenols is 2. The Balaban J connectivity index is 1.53. The molecule has 0 bridgehead atoms. The van der Waals surface area contributed by atoms with Crippen molar-refractivity contribution in [3.05, 3.63) is 22.7 Å². The third-order valence-corrected chi connectivity index (χ3v) is 8.74. The van der Waals surface area contributed by atoms with E-state index in [9.17, 15) is 42.9 Å². The Morgan fingerprint density at radius 1 is 1.32 bits per heavy atom. The molecule has 2 saturated heterocycles. The van der Waals surface area contributed by atoms with Crippen LogP contribution in [0, 0.1) is 0 Å². The Bertz CT molecular complexity index is 1200. The molecule has 5 N–H and O–H groups in total. The number of hydrogen-bond acceptors (Lipinski definition) is 9. The number of amides is 3. The predicted molar refractivity (Wildman–Crippen MR) is 117 cm³/mol. The largest absolute Gasteiger partial charge is 0.504 e. The van der Waals surface area contributed by atoms with E-state index in [4.69, 9.17) is 11.6 Å². The molecule has 34 heavy (non-hydrogen) atoms. The highest BCUT2D eigenvalue weighted by molar-refractivity contribution is 7.94. The van der Waals surface area contributed by atoms with Crippen molar-refractivity contribution in [2.24, 2.45) is 5.10 Å². The molecule has 0 spiro atoms. The van der Waals surface area contributed by atoms with Gasteiger partial charge in [-0.05, 0) is 25.5 Å². The van der Waals surface area contributed by atoms with E-state index < -0.39 is 61.2 Å². The number of hydrogen-bond donors (Lipinski definition) is 5. The van der Waals surface area contributed by atoms with Crippen molar-refractivity contribution in [2.45, 2.75) is 42.3 Å². The Kier molecular flexibility index (Phi) is 6.75. The summed E-state index contributed by atoms with van der Waals surface area (Å²) in [6.07, 6.45) is 0.548. The first-order chi connectivity index (χ1) is 15.8. The summed E-state index contributed by atoms with van der Waals surface area (Å²) in [6.45, 7) is 1.17. The van der Waals surface area contributed by atoms with E-state index in [1.807, 2.05) is 0 Å². The van der Waals surface area contributed by atoms with Crippen LogP contribution in [0.25, 0.3) is 0 Å². The van der Waals surface area contributed by atoms with Gasteiger partial charge in [-0.15, -0.1) is 0 Å². The van der Waals surface area contributed by atoms with Crippen molar-refractivity contribution < 1.29 is 42.9 Å². The molecule has 0 unspecified atom stereocenters. The summed E-state index contributed by atoms with van der Waals surface area (Å²) in [6, 6.07) is 0.651. The number of hydrazone groups is 1. The van der Waals surface area contributed by atoms with Gasteiger partial charge in [0.2, 0.25) is 11.8 Å². The smallest absolute Gasteiger partial charge is 0.328 e. The second kappa shape index (κ2) is 9.10. The van der Waals surface area contributed by atoms with Crippen molar-refractivity contribution in [3.63, 3.8) is 0 Å². The molecular formula is C19H21ClN4O9S. The minimum atomic E-state index is -4.09. The zero-order chi connectivity index (χ0) is 25.4. The van der Waals surface area contributed by atoms with Crippen LogP contribution in [0.5, 0.6) is 11.5 Å². The maximum Gasteiger partial charge on any atom is 0.328 e. The van der Waals surface area contributed by atoms with E-state index in [2.05, 4.69) is 15.8 Å². The summed E-state index contributed by atoms with van der Waals surface area (Å²) in [4.78, 5) is 48.3. The average Bonchev–Trinajstić information content (AvgIpc) is 2.89. The topological polar surface area (TPSA) is 203 Å². The number of rotatable bonds is 8. The van der Waals surface area contributed by atoms with Gasteiger partial charge in [0.25, 0.3) is 5.91 Å². The molecule has 2 heterocycles. The number of fused-ring (bicyclic) bond motifs is 1. The van der Waals surface area contributed by atoms with Crippen LogP contribution < -0.4 is 10.7 Å². The van der Waals surface area contributed by atoms with Crippen LogP contribution in [-0.4, -0.2) is 81.3 Å². The van der Waals surface area contributed by atoms with Crippen LogP contribution in [0.2, 0.25) is 5.02 Å². The number of benzene rings is 1. The van der Waals surface area contributed by atoms with Gasteiger partial charge in [0.05, 0.1) is 17.0 Å². The Labute approximate surface area is 198 Å². The molecule has 1 aromatic carbocycles. The Morgan fingerprint density at radius 2 is 2.00 bits per heavy atom. The first kappa shape index (κ1) is 25.2. The molecule has 0 aromatic heterocycles. The molecule has 15 heteroatoms. The van der Waals surface area contributed by atoms with Crippen LogP contribution in [0.15, 0.2) is 17.2 Å². The van der Waals surface area contributed by atoms with Gasteiger partial charge in [-0.1, -0.05) is 11.6 Å². The number of nitrogens with one attached hydrogen (secondary N) is 2. The highest BCUT2D eigenvalue weighted by Gasteiger charge is 2.69. The average molecular weight is 517 g/mol. The Morgan fingerprint density at radius 3 is 2.62 bits per heavy atom. The minimum absolute atomic E-state index is 0.0415. The van der Waals surface area contributed by atoms with Crippen LogP contribution in [0.1, 0.15) is 36.5 Å². The van der Waals surface area contributed by atoms with E-state index in [0.29, 0.717) is 0 Å². The number of β-lactam (4-membered cyclic amide) rings is 1. The summed E-state index contributed by atoms with van der Waals surface area (Å²) >= 11 is 5.81. The van der Waals surface area contributed by atoms with Crippen LogP contribution in [0.3, 0.4) is 0 Å². The number of aliphatic carboxylic acids is 1. The molecular weight excluding hydrogens is 496 g/mol. The van der Waals surface area contributed by atoms with Gasteiger partial charge >= 0.3 is 5.97 Å². The van der Waals surface area contributed by atoms with Gasteiger partial charge in [-0.2, -0.15) is 5.10 Å². The molecule has 2 aliphatic rings. The third kappa shape index (κ3) is 4.14. The van der Waals surface area contributed by atoms with Gasteiger partial charge in [-0.25, -0.2) is 18.6 Å². The fourth-order valence-corrected chi connectivity index (χ4v) is 6.23. The summed E-state index contributed by atoms with van der Waals surface area (Å²) in [5.41, 5.74) is 2.04. The minimum Gasteiger partial charge on any atom is -0.504 e. The fourth-order valence-electron chi connectivity index (χ4n) is 3.77. The summed E-state index contributed by atoms with van der Waals surface area (Å²) in [7, 11) is -4.09. The number of carbonyl (C=O) groups is 4. The Hall–Kier alpha value is -3.39. The molecule has 0 saturated carbocycles. The normalized spacial score (nSPS) is 25.0. The highest BCUT2D eigenvalue weighted by Crippen LogP contribution is 2.45. The van der Waals surface area contributed by atoms with Gasteiger partial charge < -0.3 is 25.5 Å². The lowest BCUT2D eigenvalue weighted by atomic mass is 9.97. The number of phenolic OH excluding ortho intramolecular Hbond substituents is 2. The van der Waals surface area contributed by atoms with E-state index in [0.717, 1.165) is 24.1 Å². The number of nitrogens with zero attached hydrogens (tertiary/aromatic N) is 2. The molecule has 3 atom stereocenters. The predicted octanol–water partition coefficient (Wildman–Crippen LogP) is -0.438. The molecule has 2 fully saturated rings. The number of aromatic hydroxyl groups is 2. The first-order valence-corrected chi connectivity index (χ1v) is 11.8. The number of carboxylic acid groups (broad SMARTS) is 1. The van der Waals surface area contributed by atoms with Crippen molar-refractivity contribution in [1.29, 1.82) is 0 Å². The van der Waals surface area contributed by atoms with E-state index in [-0.39, 0.29) is 36.4 Å². The number of carbonyl (C=O) groups excluding carboxylic acids is 3. The fraction of sp³-hybridized carbons (Fsp3) is 0.421. The maximum absolute atomic E-state index is 12.7. The van der Waals surface area contributed by atoms with Crippen molar-refractivity contribution in [2.75, 3.05) is 6.54 Å². The van der Waals surface area contributed by atoms with Gasteiger partial charge in [0, 0.05) is 19.2 Å². The van der Waals surface area contributed by atoms with Crippen molar-refractivity contribution in [1.82, 2.24) is 15.6 Å². The van der Waals surface area contributed by atoms with E-state index >= 15 is 0 Å². The highest BCUT2D eigenvalue weighted by atomic mass is 35.5. The molecule has 3 amide bonds. The van der Waals surface area contributed by atoms with Crippen LogP contribution in [0.4, 0.5) is 0 Å². The number of halogens is 1. The molecule has 3 rings (SSSR count). The maximum atomic E-state index is 12.7. The molecule has 184 valence electrons. The van der Waals surface area contributed by atoms with Gasteiger partial charge in [0.15, 0.2) is 27.4 Å². The molecule has 13 nitrogen and oxygen atoms in total. The van der Waals surface area contributed by atoms with Crippen LogP contribution in [-0.2, 0) is 24.2 Å².